The summed E-state index contributed by atoms with van der Waals surface area (Å²) in [5.74, 6) is 0. The smallest absolute Gasteiger partial charge is 0.117 e. The van der Waals surface area contributed by atoms with E-state index in [1.54, 1.807) is 0 Å². The van der Waals surface area contributed by atoms with Gasteiger partial charge in [0.05, 0.1) is 12.6 Å². The van der Waals surface area contributed by atoms with Crippen LogP contribution in [0, 0.1) is 0 Å². The van der Waals surface area contributed by atoms with Gasteiger partial charge in [-0.05, 0) is 6.07 Å². The molecule has 0 bridgehead atoms. The lowest BCUT2D eigenvalue weighted by molar-refractivity contribution is 0.268. The zero-order valence-corrected chi connectivity index (χ0v) is 6.94. The van der Waals surface area contributed by atoms with E-state index in [9.17, 15) is 0 Å². The topological polar surface area (TPSA) is 87.8 Å². The lowest BCUT2D eigenvalue weighted by Crippen LogP contribution is -2.14. The number of aromatic amines is 1. The minimum absolute atomic E-state index is 0.0913. The monoisotopic (exact) mass is 178 g/mol. The van der Waals surface area contributed by atoms with E-state index in [0.29, 0.717) is 0 Å². The number of benzene rings is 1. The van der Waals surface area contributed by atoms with Crippen molar-refractivity contribution in [1.82, 2.24) is 15.4 Å². The number of fused-ring (bicyclic) bond motifs is 1. The molecule has 4 N–H and O–H groups in total. The van der Waals surface area contributed by atoms with Gasteiger partial charge in [0.1, 0.15) is 11.0 Å². The zero-order valence-electron chi connectivity index (χ0n) is 6.94. The van der Waals surface area contributed by atoms with Gasteiger partial charge >= 0.3 is 0 Å². The zero-order chi connectivity index (χ0) is 9.26. The Kier molecular flexibility index (Phi) is 1.96. The van der Waals surface area contributed by atoms with Crippen molar-refractivity contribution in [1.29, 1.82) is 0 Å². The summed E-state index contributed by atoms with van der Waals surface area (Å²) in [6, 6.07) is 5.13. The van der Waals surface area contributed by atoms with E-state index >= 15 is 0 Å². The van der Waals surface area contributed by atoms with Crippen molar-refractivity contribution >= 4 is 11.0 Å². The van der Waals surface area contributed by atoms with Crippen LogP contribution in [0.1, 0.15) is 11.6 Å². The Morgan fingerprint density at radius 1 is 1.46 bits per heavy atom. The number of aliphatic hydroxyl groups is 1. The Morgan fingerprint density at radius 2 is 2.31 bits per heavy atom. The van der Waals surface area contributed by atoms with Crippen molar-refractivity contribution in [3.8, 4) is 0 Å². The van der Waals surface area contributed by atoms with Crippen molar-refractivity contribution in [2.45, 2.75) is 6.04 Å². The Labute approximate surface area is 74.6 Å². The van der Waals surface area contributed by atoms with Gasteiger partial charge < -0.3 is 10.8 Å². The first-order chi connectivity index (χ1) is 6.33. The number of aromatic nitrogens is 3. The van der Waals surface area contributed by atoms with Crippen LogP contribution in [0.3, 0.4) is 0 Å². The highest BCUT2D eigenvalue weighted by Crippen LogP contribution is 2.18. The van der Waals surface area contributed by atoms with Crippen LogP contribution in [0.25, 0.3) is 11.0 Å². The van der Waals surface area contributed by atoms with Gasteiger partial charge in [-0.1, -0.05) is 12.1 Å². The average Bonchev–Trinajstić information content (AvgIpc) is 2.63. The summed E-state index contributed by atoms with van der Waals surface area (Å²) in [6.07, 6.45) is 0. The van der Waals surface area contributed by atoms with Crippen LogP contribution in [-0.2, 0) is 0 Å². The molecule has 0 spiro atoms. The number of para-hydroxylation sites is 1. The standard InChI is InChI=1S/C8H10N4O/c9-6(4-13)5-2-1-3-7-8(5)11-12-10-7/h1-3,6,13H,4,9H2,(H,10,11,12). The fourth-order valence-corrected chi connectivity index (χ4v) is 1.29. The lowest BCUT2D eigenvalue weighted by atomic mass is 10.1. The fraction of sp³-hybridized carbons (Fsp3) is 0.250. The van der Waals surface area contributed by atoms with Crippen molar-refractivity contribution in [2.75, 3.05) is 6.61 Å². The van der Waals surface area contributed by atoms with Crippen LogP contribution in [0.4, 0.5) is 0 Å². The van der Waals surface area contributed by atoms with Gasteiger partial charge in [0.15, 0.2) is 0 Å². The van der Waals surface area contributed by atoms with Gasteiger partial charge in [-0.2, -0.15) is 15.4 Å². The summed E-state index contributed by atoms with van der Waals surface area (Å²) in [6.45, 7) is -0.0913. The lowest BCUT2D eigenvalue weighted by Gasteiger charge is -2.07. The van der Waals surface area contributed by atoms with Crippen molar-refractivity contribution in [3.63, 3.8) is 0 Å². The normalized spacial score (nSPS) is 13.4. The average molecular weight is 178 g/mol. The molecule has 0 amide bonds. The van der Waals surface area contributed by atoms with Crippen LogP contribution in [-0.4, -0.2) is 27.1 Å². The summed E-state index contributed by atoms with van der Waals surface area (Å²) >= 11 is 0. The van der Waals surface area contributed by atoms with Crippen LogP contribution in [0.2, 0.25) is 0 Å². The molecule has 0 radical (unpaired) electrons. The molecular formula is C8H10N4O. The Bertz CT molecular complexity index is 411. The van der Waals surface area contributed by atoms with Gasteiger partial charge in [0.25, 0.3) is 0 Å². The van der Waals surface area contributed by atoms with Crippen molar-refractivity contribution in [3.05, 3.63) is 23.8 Å². The molecule has 0 saturated heterocycles. The molecule has 0 aliphatic heterocycles. The third-order valence-electron chi connectivity index (χ3n) is 1.97. The van der Waals surface area contributed by atoms with Gasteiger partial charge in [0.2, 0.25) is 0 Å². The highest BCUT2D eigenvalue weighted by molar-refractivity contribution is 5.77. The highest BCUT2D eigenvalue weighted by atomic mass is 16.3. The molecule has 0 aliphatic carbocycles. The van der Waals surface area contributed by atoms with Crippen LogP contribution >= 0.6 is 0 Å². The first-order valence-electron chi connectivity index (χ1n) is 3.98. The molecule has 1 unspecified atom stereocenters. The molecule has 1 aromatic heterocycles. The molecule has 2 rings (SSSR count). The Morgan fingerprint density at radius 3 is 3.08 bits per heavy atom. The second-order valence-electron chi connectivity index (χ2n) is 2.83. The third kappa shape index (κ3) is 1.28. The predicted molar refractivity (Wildman–Crippen MR) is 47.9 cm³/mol. The molecule has 0 aliphatic rings. The predicted octanol–water partition coefficient (Wildman–Crippen LogP) is -0.0500. The van der Waals surface area contributed by atoms with Gasteiger partial charge in [-0.25, -0.2) is 0 Å². The third-order valence-corrected chi connectivity index (χ3v) is 1.97. The Balaban J connectivity index is 2.60. The number of nitrogens with zero attached hydrogens (tertiary/aromatic N) is 2. The molecule has 0 fully saturated rings. The van der Waals surface area contributed by atoms with Crippen molar-refractivity contribution < 1.29 is 5.11 Å². The number of aliphatic hydroxyl groups excluding tert-OH is 1. The summed E-state index contributed by atoms with van der Waals surface area (Å²) < 4.78 is 0. The molecule has 0 saturated carbocycles. The molecular weight excluding hydrogens is 168 g/mol. The number of rotatable bonds is 2. The maximum Gasteiger partial charge on any atom is 0.117 e. The Hall–Kier alpha value is -1.46. The molecule has 1 aromatic carbocycles. The van der Waals surface area contributed by atoms with E-state index < -0.39 is 6.04 Å². The number of H-pyrrole nitrogens is 1. The minimum Gasteiger partial charge on any atom is -0.394 e. The second-order valence-corrected chi connectivity index (χ2v) is 2.83. The molecule has 2 aromatic rings. The van der Waals surface area contributed by atoms with Crippen LogP contribution in [0.5, 0.6) is 0 Å². The molecule has 5 heteroatoms. The molecule has 13 heavy (non-hydrogen) atoms. The number of nitrogens with one attached hydrogen (secondary N) is 1. The second kappa shape index (κ2) is 3.12. The van der Waals surface area contributed by atoms with Crippen molar-refractivity contribution in [2.24, 2.45) is 5.73 Å². The number of nitrogens with two attached hydrogens (primary N) is 1. The largest absolute Gasteiger partial charge is 0.394 e. The first kappa shape index (κ1) is 8.15. The number of hydrogen-bond donors (Lipinski definition) is 3. The van der Waals surface area contributed by atoms with E-state index in [-0.39, 0.29) is 6.61 Å². The van der Waals surface area contributed by atoms with Gasteiger partial charge in [-0.3, -0.25) is 0 Å². The summed E-state index contributed by atoms with van der Waals surface area (Å²) in [4.78, 5) is 0. The SMILES string of the molecule is NC(CO)c1cccc2n[nH]nc12. The van der Waals surface area contributed by atoms with E-state index in [2.05, 4.69) is 15.4 Å². The highest BCUT2D eigenvalue weighted by Gasteiger charge is 2.10. The molecule has 1 atom stereocenters. The number of hydrogen-bond acceptors (Lipinski definition) is 4. The molecule has 5 nitrogen and oxygen atoms in total. The summed E-state index contributed by atoms with van der Waals surface area (Å²) in [7, 11) is 0. The minimum atomic E-state index is -0.395. The van der Waals surface area contributed by atoms with Gasteiger partial charge in [-0.15, -0.1) is 0 Å². The quantitative estimate of drug-likeness (QED) is 0.601. The fourth-order valence-electron chi connectivity index (χ4n) is 1.29. The van der Waals surface area contributed by atoms with E-state index in [1.807, 2.05) is 18.2 Å². The molecule has 1 heterocycles. The summed E-state index contributed by atoms with van der Waals surface area (Å²) in [5.41, 5.74) is 7.99. The molecule has 68 valence electrons. The van der Waals surface area contributed by atoms with E-state index in [0.717, 1.165) is 16.6 Å². The first-order valence-corrected chi connectivity index (χ1v) is 3.98. The van der Waals surface area contributed by atoms with E-state index in [4.69, 9.17) is 10.8 Å². The van der Waals surface area contributed by atoms with Crippen LogP contribution in [0.15, 0.2) is 18.2 Å². The van der Waals surface area contributed by atoms with E-state index in [1.165, 1.54) is 0 Å². The van der Waals surface area contributed by atoms with Crippen LogP contribution < -0.4 is 5.73 Å². The maximum atomic E-state index is 8.90. The summed E-state index contributed by atoms with van der Waals surface area (Å²) in [5, 5.41) is 19.3. The van der Waals surface area contributed by atoms with Gasteiger partial charge in [0, 0.05) is 5.56 Å². The maximum absolute atomic E-state index is 8.90.